The number of aromatic hydroxyl groups is 1. The summed E-state index contributed by atoms with van der Waals surface area (Å²) in [7, 11) is 4.22. The van der Waals surface area contributed by atoms with Gasteiger partial charge < -0.3 is 5.11 Å². The molecule has 0 fully saturated rings. The molecule has 0 saturated heterocycles. The van der Waals surface area contributed by atoms with Crippen molar-refractivity contribution in [1.29, 1.82) is 0 Å². The molecular formula is C24H44OS2. The molecule has 0 bridgehead atoms. The highest BCUT2D eigenvalue weighted by Gasteiger charge is 1.94. The summed E-state index contributed by atoms with van der Waals surface area (Å²) in [5.74, 6) is 3.06. The van der Waals surface area contributed by atoms with Crippen LogP contribution in [0.15, 0.2) is 30.3 Å². The largest absolute Gasteiger partial charge is 0.508 e. The first-order valence-electron chi connectivity index (χ1n) is 11.3. The van der Waals surface area contributed by atoms with Crippen molar-refractivity contribution in [2.75, 3.05) is 11.5 Å². The highest BCUT2D eigenvalue weighted by Crippen LogP contribution is 2.24. The minimum Gasteiger partial charge on any atom is -0.508 e. The van der Waals surface area contributed by atoms with E-state index in [0.717, 1.165) is 0 Å². The number of phenols is 1. The smallest absolute Gasteiger partial charge is 0.115 e. The van der Waals surface area contributed by atoms with Gasteiger partial charge in [0, 0.05) is 11.5 Å². The number of unbranched alkanes of at least 4 members (excludes halogenated alkanes) is 12. The van der Waals surface area contributed by atoms with Gasteiger partial charge in [-0.2, -0.15) is 0 Å². The Labute approximate surface area is 177 Å². The maximum absolute atomic E-state index is 8.63. The molecule has 0 unspecified atom stereocenters. The topological polar surface area (TPSA) is 20.2 Å². The Balaban J connectivity index is 0.000000797. The number of benzene rings is 1. The summed E-state index contributed by atoms with van der Waals surface area (Å²) in [6, 6.07) is 8.71. The fourth-order valence-corrected chi connectivity index (χ4v) is 5.08. The first kappa shape index (κ1) is 26.7. The van der Waals surface area contributed by atoms with Crippen molar-refractivity contribution >= 4 is 21.6 Å². The molecule has 0 heterocycles. The van der Waals surface area contributed by atoms with Crippen LogP contribution in [0, 0.1) is 0 Å². The van der Waals surface area contributed by atoms with Crippen LogP contribution in [-0.4, -0.2) is 16.6 Å². The average Bonchev–Trinajstić information content (AvgIpc) is 2.69. The number of hydrogen-bond donors (Lipinski definition) is 1. The summed E-state index contributed by atoms with van der Waals surface area (Å²) in [6.07, 6.45) is 20.1. The molecule has 0 aliphatic heterocycles. The highest BCUT2D eigenvalue weighted by molar-refractivity contribution is 8.76. The lowest BCUT2D eigenvalue weighted by molar-refractivity contribution is 0.475. The minimum absolute atomic E-state index is 0.322. The van der Waals surface area contributed by atoms with Crippen LogP contribution in [0.3, 0.4) is 0 Å². The zero-order valence-corrected chi connectivity index (χ0v) is 19.6. The van der Waals surface area contributed by atoms with Gasteiger partial charge in [-0.1, -0.05) is 131 Å². The lowest BCUT2D eigenvalue weighted by Crippen LogP contribution is -1.83. The molecule has 3 heteroatoms. The van der Waals surface area contributed by atoms with Crippen molar-refractivity contribution in [3.63, 3.8) is 0 Å². The van der Waals surface area contributed by atoms with Gasteiger partial charge >= 0.3 is 0 Å². The van der Waals surface area contributed by atoms with Gasteiger partial charge in [0.05, 0.1) is 0 Å². The van der Waals surface area contributed by atoms with Crippen molar-refractivity contribution in [2.24, 2.45) is 0 Å². The second kappa shape index (κ2) is 23.8. The van der Waals surface area contributed by atoms with Crippen molar-refractivity contribution in [3.8, 4) is 5.75 Å². The molecule has 1 rings (SSSR count). The first-order valence-corrected chi connectivity index (χ1v) is 13.8. The predicted molar refractivity (Wildman–Crippen MR) is 129 cm³/mol. The van der Waals surface area contributed by atoms with E-state index >= 15 is 0 Å². The van der Waals surface area contributed by atoms with Gasteiger partial charge in [0.25, 0.3) is 0 Å². The van der Waals surface area contributed by atoms with Gasteiger partial charge in [-0.25, -0.2) is 0 Å². The van der Waals surface area contributed by atoms with Gasteiger partial charge in [0.15, 0.2) is 0 Å². The van der Waals surface area contributed by atoms with E-state index in [9.17, 15) is 0 Å². The van der Waals surface area contributed by atoms with Crippen molar-refractivity contribution in [3.05, 3.63) is 30.3 Å². The Bertz CT molecular complexity index is 352. The number of hydrogen-bond acceptors (Lipinski definition) is 3. The molecule has 0 saturated carbocycles. The summed E-state index contributed by atoms with van der Waals surface area (Å²) in [5.41, 5.74) is 0. The molecule has 1 N–H and O–H groups in total. The third-order valence-electron chi connectivity index (χ3n) is 4.50. The molecule has 0 aromatic heterocycles. The van der Waals surface area contributed by atoms with E-state index in [0.29, 0.717) is 5.75 Å². The molecule has 0 amide bonds. The Morgan fingerprint density at radius 2 is 0.926 bits per heavy atom. The molecule has 1 aromatic rings. The van der Waals surface area contributed by atoms with Crippen molar-refractivity contribution in [2.45, 2.75) is 104 Å². The number of para-hydroxylation sites is 1. The van der Waals surface area contributed by atoms with Crippen LogP contribution >= 0.6 is 21.6 Å². The normalized spacial score (nSPS) is 10.4. The van der Waals surface area contributed by atoms with E-state index < -0.39 is 0 Å². The van der Waals surface area contributed by atoms with E-state index in [1.165, 1.54) is 101 Å². The maximum atomic E-state index is 8.63. The zero-order valence-electron chi connectivity index (χ0n) is 18.0. The average molecular weight is 413 g/mol. The Hall–Kier alpha value is -0.280. The Kier molecular flexibility index (Phi) is 23.5. The predicted octanol–water partition coefficient (Wildman–Crippen LogP) is 9.26. The molecule has 1 nitrogen and oxygen atoms in total. The Morgan fingerprint density at radius 1 is 0.556 bits per heavy atom. The van der Waals surface area contributed by atoms with Crippen LogP contribution in [0.2, 0.25) is 0 Å². The molecule has 1 aromatic carbocycles. The molecule has 158 valence electrons. The van der Waals surface area contributed by atoms with Crippen LogP contribution in [0.25, 0.3) is 0 Å². The van der Waals surface area contributed by atoms with Gasteiger partial charge in [0.1, 0.15) is 5.75 Å². The quantitative estimate of drug-likeness (QED) is 0.203. The van der Waals surface area contributed by atoms with Crippen LogP contribution in [0.4, 0.5) is 0 Å². The van der Waals surface area contributed by atoms with Gasteiger partial charge in [-0.3, -0.25) is 0 Å². The van der Waals surface area contributed by atoms with Gasteiger partial charge in [-0.05, 0) is 25.0 Å². The minimum atomic E-state index is 0.322. The van der Waals surface area contributed by atoms with E-state index in [4.69, 9.17) is 5.11 Å². The van der Waals surface area contributed by atoms with Crippen LogP contribution < -0.4 is 0 Å². The zero-order chi connectivity index (χ0) is 19.8. The van der Waals surface area contributed by atoms with Crippen molar-refractivity contribution < 1.29 is 5.11 Å². The fraction of sp³-hybridized carbons (Fsp3) is 0.750. The number of phenolic OH excluding ortho intramolecular Hbond substituents is 1. The van der Waals surface area contributed by atoms with Crippen LogP contribution in [0.5, 0.6) is 5.75 Å². The van der Waals surface area contributed by atoms with Gasteiger partial charge in [0.2, 0.25) is 0 Å². The molecule has 0 aliphatic rings. The first-order chi connectivity index (χ1) is 13.3. The summed E-state index contributed by atoms with van der Waals surface area (Å²) in [5, 5.41) is 8.63. The maximum Gasteiger partial charge on any atom is 0.115 e. The van der Waals surface area contributed by atoms with Crippen LogP contribution in [0.1, 0.15) is 104 Å². The van der Waals surface area contributed by atoms with E-state index in [1.54, 1.807) is 24.3 Å². The standard InChI is InChI=1S/C18H38S2.C6H6O/c1-3-5-7-9-11-13-15-17-19-20-18-16-14-12-10-8-6-4-2;7-6-4-2-1-3-5-6/h3-18H2,1-2H3;1-5,7H. The van der Waals surface area contributed by atoms with E-state index in [1.807, 2.05) is 6.07 Å². The molecule has 0 atom stereocenters. The SMILES string of the molecule is CCCCCCCCCSSCCCCCCCCC.Oc1ccccc1. The summed E-state index contributed by atoms with van der Waals surface area (Å²) >= 11 is 0. The molecule has 0 radical (unpaired) electrons. The third kappa shape index (κ3) is 23.7. The summed E-state index contributed by atoms with van der Waals surface area (Å²) in [6.45, 7) is 4.58. The van der Waals surface area contributed by atoms with Crippen LogP contribution in [-0.2, 0) is 0 Å². The third-order valence-corrected chi connectivity index (χ3v) is 7.08. The second-order valence-corrected chi connectivity index (χ2v) is 9.92. The van der Waals surface area contributed by atoms with Gasteiger partial charge in [-0.15, -0.1) is 0 Å². The molecule has 0 aliphatic carbocycles. The monoisotopic (exact) mass is 412 g/mol. The fourth-order valence-electron chi connectivity index (χ4n) is 2.78. The van der Waals surface area contributed by atoms with E-state index in [2.05, 4.69) is 35.4 Å². The summed E-state index contributed by atoms with van der Waals surface area (Å²) in [4.78, 5) is 0. The highest BCUT2D eigenvalue weighted by atomic mass is 33.1. The lowest BCUT2D eigenvalue weighted by atomic mass is 10.1. The second-order valence-electron chi connectivity index (χ2n) is 7.22. The van der Waals surface area contributed by atoms with E-state index in [-0.39, 0.29) is 0 Å². The molecule has 0 spiro atoms. The Morgan fingerprint density at radius 3 is 1.26 bits per heavy atom. The molecule has 27 heavy (non-hydrogen) atoms. The molecular weight excluding hydrogens is 368 g/mol. The summed E-state index contributed by atoms with van der Waals surface area (Å²) < 4.78 is 0. The van der Waals surface area contributed by atoms with Crippen molar-refractivity contribution in [1.82, 2.24) is 0 Å². The lowest BCUT2D eigenvalue weighted by Gasteiger charge is -2.03. The number of rotatable bonds is 17.